The zero-order valence-corrected chi connectivity index (χ0v) is 11.8. The van der Waals surface area contributed by atoms with Gasteiger partial charge in [-0.15, -0.1) is 0 Å². The number of benzene rings is 1. The second-order valence-electron chi connectivity index (χ2n) is 4.61. The molecule has 1 aromatic carbocycles. The first-order valence-electron chi connectivity index (χ1n) is 6.41. The number of halogens is 4. The Bertz CT molecular complexity index is 496. The molecule has 0 saturated carbocycles. The number of aliphatic hydroxyl groups excluding tert-OH is 1. The minimum Gasteiger partial charge on any atom is -0.489 e. The van der Waals surface area contributed by atoms with Gasteiger partial charge in [-0.3, -0.25) is 5.32 Å². The number of hydrogen-bond acceptors (Lipinski definition) is 4. The van der Waals surface area contributed by atoms with E-state index in [1.54, 1.807) is 0 Å². The van der Waals surface area contributed by atoms with Crippen molar-refractivity contribution in [3.63, 3.8) is 0 Å². The summed E-state index contributed by atoms with van der Waals surface area (Å²) in [6, 6.07) is 2.12. The van der Waals surface area contributed by atoms with E-state index < -0.39 is 25.4 Å². The van der Waals surface area contributed by atoms with Gasteiger partial charge in [0, 0.05) is 6.42 Å². The Balaban J connectivity index is 2.21. The summed E-state index contributed by atoms with van der Waals surface area (Å²) in [6.07, 6.45) is -3.67. The zero-order chi connectivity index (χ0) is 15.5. The van der Waals surface area contributed by atoms with Gasteiger partial charge in [0.2, 0.25) is 0 Å². The lowest BCUT2D eigenvalue weighted by atomic mass is 10.1. The van der Waals surface area contributed by atoms with Crippen molar-refractivity contribution in [2.45, 2.75) is 18.6 Å². The Morgan fingerprint density at radius 3 is 2.67 bits per heavy atom. The molecule has 2 rings (SSSR count). The predicted octanol–water partition coefficient (Wildman–Crippen LogP) is 2.69. The van der Waals surface area contributed by atoms with Gasteiger partial charge < -0.3 is 14.6 Å². The molecule has 2 N–H and O–H groups in total. The Hall–Kier alpha value is -1.18. The fourth-order valence-electron chi connectivity index (χ4n) is 1.98. The lowest BCUT2D eigenvalue weighted by molar-refractivity contribution is -0.126. The average molecular weight is 326 g/mol. The molecule has 0 bridgehead atoms. The molecular weight excluding hydrogens is 311 g/mol. The summed E-state index contributed by atoms with van der Waals surface area (Å²) in [5.41, 5.74) is 0.413. The maximum atomic E-state index is 12.3. The Morgan fingerprint density at radius 1 is 1.29 bits per heavy atom. The van der Waals surface area contributed by atoms with E-state index in [1.165, 1.54) is 12.1 Å². The third-order valence-electron chi connectivity index (χ3n) is 2.96. The largest absolute Gasteiger partial charge is 0.489 e. The van der Waals surface area contributed by atoms with Crippen LogP contribution in [0.1, 0.15) is 18.0 Å². The summed E-state index contributed by atoms with van der Waals surface area (Å²) < 4.78 is 47.7. The minimum absolute atomic E-state index is 0.247. The first-order valence-corrected chi connectivity index (χ1v) is 6.78. The van der Waals surface area contributed by atoms with E-state index in [0.717, 1.165) is 0 Å². The summed E-state index contributed by atoms with van der Waals surface area (Å²) >= 11 is 6.07. The molecule has 4 nitrogen and oxygen atoms in total. The normalized spacial score (nSPS) is 16.4. The molecule has 1 aliphatic heterocycles. The van der Waals surface area contributed by atoms with Crippen molar-refractivity contribution >= 4 is 11.6 Å². The van der Waals surface area contributed by atoms with Crippen LogP contribution in [-0.2, 0) is 0 Å². The Kier molecular flexibility index (Phi) is 5.18. The summed E-state index contributed by atoms with van der Waals surface area (Å²) in [7, 11) is 0. The van der Waals surface area contributed by atoms with Crippen LogP contribution in [0.25, 0.3) is 0 Å². The average Bonchev–Trinajstić information content (AvgIpc) is 2.64. The van der Waals surface area contributed by atoms with E-state index in [0.29, 0.717) is 36.7 Å². The Labute approximate surface area is 124 Å². The molecule has 21 heavy (non-hydrogen) atoms. The molecule has 0 aliphatic carbocycles. The molecule has 0 spiro atoms. The smallest absolute Gasteiger partial charge is 0.401 e. The van der Waals surface area contributed by atoms with Gasteiger partial charge in [-0.25, -0.2) is 0 Å². The molecule has 0 fully saturated rings. The highest BCUT2D eigenvalue weighted by Gasteiger charge is 2.29. The van der Waals surface area contributed by atoms with E-state index in [4.69, 9.17) is 21.1 Å². The highest BCUT2D eigenvalue weighted by molar-refractivity contribution is 6.32. The molecule has 1 aliphatic rings. The predicted molar refractivity (Wildman–Crippen MR) is 70.9 cm³/mol. The lowest BCUT2D eigenvalue weighted by Gasteiger charge is -2.20. The van der Waals surface area contributed by atoms with Crippen molar-refractivity contribution in [2.24, 2.45) is 0 Å². The fraction of sp³-hybridized carbons (Fsp3) is 0.538. The van der Waals surface area contributed by atoms with Gasteiger partial charge in [0.05, 0.1) is 37.4 Å². The molecule has 1 unspecified atom stereocenters. The van der Waals surface area contributed by atoms with Gasteiger partial charge in [0.15, 0.2) is 11.5 Å². The standard InChI is InChI=1S/C13H15ClF3NO3/c14-9-4-8(10(6-19)18-7-13(15,16)17)5-11-12(9)21-3-1-2-20-11/h4-5,10,18-19H,1-3,6-7H2. The summed E-state index contributed by atoms with van der Waals surface area (Å²) in [5.74, 6) is 0.757. The fourth-order valence-corrected chi connectivity index (χ4v) is 2.25. The van der Waals surface area contributed by atoms with Crippen LogP contribution in [0, 0.1) is 0 Å². The van der Waals surface area contributed by atoms with Crippen LogP contribution < -0.4 is 14.8 Å². The molecule has 1 aromatic rings. The monoisotopic (exact) mass is 325 g/mol. The molecule has 0 radical (unpaired) electrons. The third-order valence-corrected chi connectivity index (χ3v) is 3.24. The SMILES string of the molecule is OCC(NCC(F)(F)F)c1cc(Cl)c2c(c1)OCCCO2. The van der Waals surface area contributed by atoms with Gasteiger partial charge >= 0.3 is 6.18 Å². The number of fused-ring (bicyclic) bond motifs is 1. The van der Waals surface area contributed by atoms with Gasteiger partial charge in [0.1, 0.15) is 0 Å². The first kappa shape index (κ1) is 16.2. The van der Waals surface area contributed by atoms with E-state index >= 15 is 0 Å². The van der Waals surface area contributed by atoms with Crippen LogP contribution in [0.5, 0.6) is 11.5 Å². The maximum Gasteiger partial charge on any atom is 0.401 e. The number of rotatable bonds is 4. The number of ether oxygens (including phenoxy) is 2. The van der Waals surface area contributed by atoms with Crippen LogP contribution in [0.4, 0.5) is 13.2 Å². The molecular formula is C13H15ClF3NO3. The highest BCUT2D eigenvalue weighted by atomic mass is 35.5. The van der Waals surface area contributed by atoms with Crippen molar-refractivity contribution in [1.29, 1.82) is 0 Å². The van der Waals surface area contributed by atoms with Crippen molar-refractivity contribution in [3.05, 3.63) is 22.7 Å². The van der Waals surface area contributed by atoms with Crippen molar-refractivity contribution in [2.75, 3.05) is 26.4 Å². The number of hydrogen-bond donors (Lipinski definition) is 2. The van der Waals surface area contributed by atoms with Gasteiger partial charge in [-0.05, 0) is 17.7 Å². The van der Waals surface area contributed by atoms with E-state index in [2.05, 4.69) is 5.32 Å². The van der Waals surface area contributed by atoms with Gasteiger partial charge in [-0.2, -0.15) is 13.2 Å². The van der Waals surface area contributed by atoms with E-state index in [1.807, 2.05) is 0 Å². The van der Waals surface area contributed by atoms with Crippen molar-refractivity contribution in [1.82, 2.24) is 5.32 Å². The van der Waals surface area contributed by atoms with Crippen LogP contribution in [0.15, 0.2) is 12.1 Å². The number of alkyl halides is 3. The van der Waals surface area contributed by atoms with Crippen molar-refractivity contribution < 1.29 is 27.8 Å². The minimum atomic E-state index is -4.36. The topological polar surface area (TPSA) is 50.7 Å². The maximum absolute atomic E-state index is 12.3. The van der Waals surface area contributed by atoms with Gasteiger partial charge in [-0.1, -0.05) is 11.6 Å². The van der Waals surface area contributed by atoms with E-state index in [-0.39, 0.29) is 5.02 Å². The summed E-state index contributed by atoms with van der Waals surface area (Å²) in [6.45, 7) is -0.801. The second kappa shape index (κ2) is 6.72. The van der Waals surface area contributed by atoms with Crippen LogP contribution in [-0.4, -0.2) is 37.6 Å². The lowest BCUT2D eigenvalue weighted by Crippen LogP contribution is -2.33. The quantitative estimate of drug-likeness (QED) is 0.893. The van der Waals surface area contributed by atoms with Crippen LogP contribution in [0.2, 0.25) is 5.02 Å². The number of nitrogens with one attached hydrogen (secondary N) is 1. The first-order chi connectivity index (χ1) is 9.90. The molecule has 0 aromatic heterocycles. The van der Waals surface area contributed by atoms with Gasteiger partial charge in [0.25, 0.3) is 0 Å². The zero-order valence-electron chi connectivity index (χ0n) is 11.0. The highest BCUT2D eigenvalue weighted by Crippen LogP contribution is 2.39. The van der Waals surface area contributed by atoms with Crippen molar-refractivity contribution in [3.8, 4) is 11.5 Å². The molecule has 1 heterocycles. The molecule has 0 amide bonds. The summed E-state index contributed by atoms with van der Waals surface area (Å²) in [5, 5.41) is 11.8. The van der Waals surface area contributed by atoms with Crippen LogP contribution >= 0.6 is 11.6 Å². The Morgan fingerprint density at radius 2 is 2.00 bits per heavy atom. The molecule has 118 valence electrons. The summed E-state index contributed by atoms with van der Waals surface area (Å²) in [4.78, 5) is 0. The second-order valence-corrected chi connectivity index (χ2v) is 5.02. The molecule has 1 atom stereocenters. The number of aliphatic hydroxyl groups is 1. The molecule has 8 heteroatoms. The molecule has 0 saturated heterocycles. The van der Waals surface area contributed by atoms with E-state index in [9.17, 15) is 18.3 Å². The van der Waals surface area contributed by atoms with Crippen LogP contribution in [0.3, 0.4) is 0 Å². The third kappa shape index (κ3) is 4.39.